The zero-order chi connectivity index (χ0) is 15.0. The van der Waals surface area contributed by atoms with Gasteiger partial charge in [0.2, 0.25) is 0 Å². The lowest BCUT2D eigenvalue weighted by Gasteiger charge is -2.36. The lowest BCUT2D eigenvalue weighted by molar-refractivity contribution is -0.179. The second-order valence-electron chi connectivity index (χ2n) is 5.45. The van der Waals surface area contributed by atoms with Crippen molar-refractivity contribution in [2.75, 3.05) is 6.61 Å². The number of aliphatic hydroxyl groups excluding tert-OH is 3. The van der Waals surface area contributed by atoms with Crippen LogP contribution in [0.4, 0.5) is 0 Å². The van der Waals surface area contributed by atoms with Crippen LogP contribution in [0.1, 0.15) is 18.1 Å². The van der Waals surface area contributed by atoms with E-state index < -0.39 is 24.4 Å². The molecule has 21 heavy (non-hydrogen) atoms. The highest BCUT2D eigenvalue weighted by molar-refractivity contribution is 5.84. The Hall–Kier alpha value is -1.66. The van der Waals surface area contributed by atoms with E-state index in [2.05, 4.69) is 0 Å². The van der Waals surface area contributed by atoms with Crippen molar-refractivity contribution in [3.05, 3.63) is 42.0 Å². The van der Waals surface area contributed by atoms with E-state index in [1.54, 1.807) is 24.3 Å². The topological polar surface area (TPSA) is 90.2 Å². The molecular weight excluding hydrogens is 272 g/mol. The number of hydrogen-bond acceptors (Lipinski definition) is 5. The van der Waals surface area contributed by atoms with Gasteiger partial charge in [-0.15, -0.1) is 0 Å². The standard InChI is InChI=1S/C16H18O5/c17-8-13-7-14(19)15(20)16(21-13)11-2-1-10-6-12(18)4-3-9(10)5-11/h1-6,13-20H,7-8H2/t13?,14?,15?,16-/m1/s1. The number of phenolic OH excluding ortho intramolecular Hbond substituents is 1. The summed E-state index contributed by atoms with van der Waals surface area (Å²) in [5, 5.41) is 40.5. The van der Waals surface area contributed by atoms with Gasteiger partial charge in [-0.3, -0.25) is 0 Å². The predicted molar refractivity (Wildman–Crippen MR) is 76.9 cm³/mol. The molecule has 1 heterocycles. The zero-order valence-electron chi connectivity index (χ0n) is 11.4. The van der Waals surface area contributed by atoms with Gasteiger partial charge in [0, 0.05) is 6.42 Å². The fourth-order valence-corrected chi connectivity index (χ4v) is 2.78. The number of fused-ring (bicyclic) bond motifs is 1. The van der Waals surface area contributed by atoms with Crippen LogP contribution in [0.3, 0.4) is 0 Å². The van der Waals surface area contributed by atoms with Crippen LogP contribution in [0.15, 0.2) is 36.4 Å². The highest BCUT2D eigenvalue weighted by Gasteiger charge is 2.37. The SMILES string of the molecule is OCC1CC(O)C(O)[C@@H](c2ccc3cc(O)ccc3c2)O1. The molecule has 1 fully saturated rings. The maximum atomic E-state index is 10.1. The third-order valence-electron chi connectivity index (χ3n) is 3.93. The van der Waals surface area contributed by atoms with Gasteiger partial charge < -0.3 is 25.2 Å². The highest BCUT2D eigenvalue weighted by Crippen LogP contribution is 2.33. The minimum Gasteiger partial charge on any atom is -0.508 e. The van der Waals surface area contributed by atoms with E-state index >= 15 is 0 Å². The van der Waals surface area contributed by atoms with E-state index in [1.165, 1.54) is 0 Å². The first-order valence-electron chi connectivity index (χ1n) is 6.93. The number of phenols is 1. The number of aliphatic hydroxyl groups is 3. The average Bonchev–Trinajstić information content (AvgIpc) is 2.49. The molecule has 0 saturated carbocycles. The van der Waals surface area contributed by atoms with Crippen molar-refractivity contribution in [3.8, 4) is 5.75 Å². The molecule has 112 valence electrons. The normalized spacial score (nSPS) is 29.7. The van der Waals surface area contributed by atoms with Gasteiger partial charge in [0.15, 0.2) is 0 Å². The molecule has 0 aromatic heterocycles. The van der Waals surface area contributed by atoms with Gasteiger partial charge in [-0.1, -0.05) is 18.2 Å². The zero-order valence-corrected chi connectivity index (χ0v) is 11.4. The number of hydrogen-bond donors (Lipinski definition) is 4. The summed E-state index contributed by atoms with van der Waals surface area (Å²) in [5.41, 5.74) is 0.734. The molecule has 0 spiro atoms. The van der Waals surface area contributed by atoms with Crippen LogP contribution < -0.4 is 0 Å². The molecule has 4 N–H and O–H groups in total. The molecule has 0 amide bonds. The summed E-state index contributed by atoms with van der Waals surface area (Å²) in [4.78, 5) is 0. The Labute approximate surface area is 122 Å². The smallest absolute Gasteiger partial charge is 0.116 e. The van der Waals surface area contributed by atoms with E-state index in [9.17, 15) is 20.4 Å². The lowest BCUT2D eigenvalue weighted by Crippen LogP contribution is -2.44. The average molecular weight is 290 g/mol. The van der Waals surface area contributed by atoms with Crippen molar-refractivity contribution < 1.29 is 25.2 Å². The molecule has 2 aromatic rings. The molecule has 1 aliphatic heterocycles. The van der Waals surface area contributed by atoms with Gasteiger partial charge in [0.05, 0.1) is 18.8 Å². The molecule has 5 nitrogen and oxygen atoms in total. The van der Waals surface area contributed by atoms with Gasteiger partial charge in [0.25, 0.3) is 0 Å². The maximum Gasteiger partial charge on any atom is 0.116 e. The van der Waals surface area contributed by atoms with Gasteiger partial charge in [0.1, 0.15) is 18.0 Å². The van der Waals surface area contributed by atoms with Crippen LogP contribution in [0.5, 0.6) is 5.75 Å². The fraction of sp³-hybridized carbons (Fsp3) is 0.375. The van der Waals surface area contributed by atoms with Crippen LogP contribution in [-0.2, 0) is 4.74 Å². The molecule has 1 saturated heterocycles. The Bertz CT molecular complexity index is 642. The number of rotatable bonds is 2. The second-order valence-corrected chi connectivity index (χ2v) is 5.45. The van der Waals surface area contributed by atoms with E-state index in [0.29, 0.717) is 0 Å². The maximum absolute atomic E-state index is 10.1. The van der Waals surface area contributed by atoms with E-state index in [1.807, 2.05) is 12.1 Å². The van der Waals surface area contributed by atoms with Crippen molar-refractivity contribution in [1.29, 1.82) is 0 Å². The minimum absolute atomic E-state index is 0.193. The van der Waals surface area contributed by atoms with Crippen LogP contribution in [0.25, 0.3) is 10.8 Å². The summed E-state index contributed by atoms with van der Waals surface area (Å²) in [7, 11) is 0. The minimum atomic E-state index is -1.03. The van der Waals surface area contributed by atoms with E-state index in [0.717, 1.165) is 16.3 Å². The number of benzene rings is 2. The van der Waals surface area contributed by atoms with Crippen LogP contribution in [0.2, 0.25) is 0 Å². The first-order chi connectivity index (χ1) is 10.1. The summed E-state index contributed by atoms with van der Waals surface area (Å²) >= 11 is 0. The van der Waals surface area contributed by atoms with Gasteiger partial charge in [-0.05, 0) is 34.5 Å². The fourth-order valence-electron chi connectivity index (χ4n) is 2.78. The Kier molecular flexibility index (Phi) is 3.82. The second kappa shape index (κ2) is 5.61. The van der Waals surface area contributed by atoms with Crippen molar-refractivity contribution in [1.82, 2.24) is 0 Å². The van der Waals surface area contributed by atoms with E-state index in [4.69, 9.17) is 4.74 Å². The number of ether oxygens (including phenoxy) is 1. The van der Waals surface area contributed by atoms with Gasteiger partial charge in [-0.25, -0.2) is 0 Å². The summed E-state index contributed by atoms with van der Waals surface area (Å²) in [6.07, 6.45) is -2.89. The van der Waals surface area contributed by atoms with Gasteiger partial charge in [-0.2, -0.15) is 0 Å². The van der Waals surface area contributed by atoms with Crippen molar-refractivity contribution in [3.63, 3.8) is 0 Å². The Morgan fingerprint density at radius 1 is 1.05 bits per heavy atom. The molecule has 4 atom stereocenters. The molecule has 0 aliphatic carbocycles. The molecule has 1 aliphatic rings. The third-order valence-corrected chi connectivity index (χ3v) is 3.93. The predicted octanol–water partition coefficient (Wildman–Crippen LogP) is 1.09. The Balaban J connectivity index is 1.96. The Morgan fingerprint density at radius 2 is 1.76 bits per heavy atom. The molecule has 0 bridgehead atoms. The molecule has 5 heteroatoms. The molecule has 2 aromatic carbocycles. The van der Waals surface area contributed by atoms with Crippen molar-refractivity contribution >= 4 is 10.8 Å². The first-order valence-corrected chi connectivity index (χ1v) is 6.93. The highest BCUT2D eigenvalue weighted by atomic mass is 16.5. The molecular formula is C16H18O5. The van der Waals surface area contributed by atoms with Crippen LogP contribution >= 0.6 is 0 Å². The monoisotopic (exact) mass is 290 g/mol. The quantitative estimate of drug-likeness (QED) is 0.665. The summed E-state index contributed by atoms with van der Waals surface area (Å²) in [5.74, 6) is 0.194. The summed E-state index contributed by atoms with van der Waals surface area (Å²) < 4.78 is 5.67. The Morgan fingerprint density at radius 3 is 2.52 bits per heavy atom. The van der Waals surface area contributed by atoms with Crippen molar-refractivity contribution in [2.24, 2.45) is 0 Å². The lowest BCUT2D eigenvalue weighted by atomic mass is 9.92. The first kappa shape index (κ1) is 14.3. The van der Waals surface area contributed by atoms with Crippen LogP contribution in [-0.4, -0.2) is 45.3 Å². The molecule has 3 rings (SSSR count). The van der Waals surface area contributed by atoms with E-state index in [-0.39, 0.29) is 18.8 Å². The summed E-state index contributed by atoms with van der Waals surface area (Å²) in [6, 6.07) is 10.5. The summed E-state index contributed by atoms with van der Waals surface area (Å²) in [6.45, 7) is -0.193. The van der Waals surface area contributed by atoms with Crippen LogP contribution in [0, 0.1) is 0 Å². The molecule has 3 unspecified atom stereocenters. The van der Waals surface area contributed by atoms with Gasteiger partial charge >= 0.3 is 0 Å². The number of aromatic hydroxyl groups is 1. The van der Waals surface area contributed by atoms with Crippen molar-refractivity contribution in [2.45, 2.75) is 30.8 Å². The third kappa shape index (κ3) is 2.73. The molecule has 0 radical (unpaired) electrons. The largest absolute Gasteiger partial charge is 0.508 e.